The Morgan fingerprint density at radius 2 is 1.69 bits per heavy atom. The highest BCUT2D eigenvalue weighted by molar-refractivity contribution is 6.88. The van der Waals surface area contributed by atoms with Crippen LogP contribution in [0, 0.1) is 23.5 Å². The highest BCUT2D eigenvalue weighted by atomic mass is 28.3. The van der Waals surface area contributed by atoms with E-state index in [0.717, 1.165) is 17.7 Å². The third-order valence-corrected chi connectivity index (χ3v) is 8.98. The summed E-state index contributed by atoms with van der Waals surface area (Å²) < 4.78 is 34.9. The molecule has 7 nitrogen and oxygen atoms in total. The molecular formula is C26H30F2N2O5Si. The first-order valence-electron chi connectivity index (χ1n) is 11.9. The number of hydrogen-bond donors (Lipinski definition) is 2. The zero-order chi connectivity index (χ0) is 26.4. The molecule has 4 rings (SSSR count). The van der Waals surface area contributed by atoms with Gasteiger partial charge in [0.15, 0.2) is 0 Å². The maximum atomic E-state index is 14.8. The van der Waals surface area contributed by atoms with Crippen LogP contribution in [0.5, 0.6) is 5.75 Å². The SMILES string of the molecule is COc1ccc2c(c1)CCN(C(=O)[C@H]1C[C@H](C(=O)O)C1)[C@H]2C(=O)Nc1cc(F)c([Si](C)(C)C)c(F)c1. The van der Waals surface area contributed by atoms with E-state index in [9.17, 15) is 28.3 Å². The molecule has 2 aromatic carbocycles. The molecule has 36 heavy (non-hydrogen) atoms. The van der Waals surface area contributed by atoms with E-state index >= 15 is 0 Å². The topological polar surface area (TPSA) is 95.9 Å². The minimum Gasteiger partial charge on any atom is -0.497 e. The number of nitrogens with one attached hydrogen (secondary N) is 1. The van der Waals surface area contributed by atoms with Crippen molar-refractivity contribution in [2.45, 2.75) is 44.9 Å². The van der Waals surface area contributed by atoms with Crippen LogP contribution in [0.3, 0.4) is 0 Å². The second kappa shape index (κ2) is 9.65. The molecule has 2 N–H and O–H groups in total. The number of carbonyl (C=O) groups excluding carboxylic acids is 2. The maximum Gasteiger partial charge on any atom is 0.306 e. The molecule has 0 saturated heterocycles. The first kappa shape index (κ1) is 25.8. The smallest absolute Gasteiger partial charge is 0.306 e. The van der Waals surface area contributed by atoms with Crippen molar-refractivity contribution in [1.82, 2.24) is 4.90 Å². The van der Waals surface area contributed by atoms with Crippen LogP contribution in [-0.4, -0.2) is 49.5 Å². The largest absolute Gasteiger partial charge is 0.497 e. The van der Waals surface area contributed by atoms with Gasteiger partial charge in [-0.15, -0.1) is 0 Å². The van der Waals surface area contributed by atoms with Gasteiger partial charge in [0.05, 0.1) is 21.1 Å². The highest BCUT2D eigenvalue weighted by Gasteiger charge is 2.45. The van der Waals surface area contributed by atoms with Crippen LogP contribution in [0.15, 0.2) is 30.3 Å². The minimum atomic E-state index is -2.29. The van der Waals surface area contributed by atoms with Crippen molar-refractivity contribution in [1.29, 1.82) is 0 Å². The van der Waals surface area contributed by atoms with Gasteiger partial charge in [0.2, 0.25) is 5.91 Å². The van der Waals surface area contributed by atoms with Gasteiger partial charge in [-0.2, -0.15) is 0 Å². The van der Waals surface area contributed by atoms with E-state index in [1.54, 1.807) is 12.1 Å². The number of nitrogens with zero attached hydrogens (tertiary/aromatic N) is 1. The Balaban J connectivity index is 1.65. The highest BCUT2D eigenvalue weighted by Crippen LogP contribution is 2.40. The number of carbonyl (C=O) groups is 3. The summed E-state index contributed by atoms with van der Waals surface area (Å²) >= 11 is 0. The van der Waals surface area contributed by atoms with E-state index in [1.165, 1.54) is 12.0 Å². The number of ether oxygens (including phenoxy) is 1. The number of carboxylic acids is 1. The molecule has 0 spiro atoms. The summed E-state index contributed by atoms with van der Waals surface area (Å²) in [6.45, 7) is 5.75. The Labute approximate surface area is 209 Å². The average Bonchev–Trinajstić information content (AvgIpc) is 2.74. The van der Waals surface area contributed by atoms with Gasteiger partial charge in [-0.05, 0) is 54.7 Å². The summed E-state index contributed by atoms with van der Waals surface area (Å²) in [4.78, 5) is 39.5. The summed E-state index contributed by atoms with van der Waals surface area (Å²) in [7, 11) is -0.759. The molecule has 1 atom stereocenters. The predicted octanol–water partition coefficient (Wildman–Crippen LogP) is 3.69. The third-order valence-electron chi connectivity index (χ3n) is 7.01. The van der Waals surface area contributed by atoms with Crippen molar-refractivity contribution in [3.8, 4) is 5.75 Å². The van der Waals surface area contributed by atoms with E-state index < -0.39 is 49.5 Å². The van der Waals surface area contributed by atoms with Gasteiger partial charge >= 0.3 is 5.97 Å². The van der Waals surface area contributed by atoms with Crippen LogP contribution in [0.25, 0.3) is 0 Å². The predicted molar refractivity (Wildman–Crippen MR) is 133 cm³/mol. The third kappa shape index (κ3) is 4.86. The van der Waals surface area contributed by atoms with Crippen LogP contribution in [-0.2, 0) is 20.8 Å². The van der Waals surface area contributed by atoms with Gasteiger partial charge in [-0.25, -0.2) is 8.78 Å². The molecule has 0 aromatic heterocycles. The first-order valence-corrected chi connectivity index (χ1v) is 15.4. The molecule has 2 amide bonds. The number of halogens is 2. The second-order valence-electron chi connectivity index (χ2n) is 10.5. The lowest BCUT2D eigenvalue weighted by molar-refractivity contribution is -0.154. The van der Waals surface area contributed by atoms with Crippen LogP contribution < -0.4 is 15.2 Å². The van der Waals surface area contributed by atoms with Crippen LogP contribution >= 0.6 is 0 Å². The molecule has 0 unspecified atom stereocenters. The fraction of sp³-hybridized carbons (Fsp3) is 0.423. The molecule has 2 aliphatic rings. The molecule has 2 aromatic rings. The van der Waals surface area contributed by atoms with E-state index in [2.05, 4.69) is 5.32 Å². The molecule has 0 radical (unpaired) electrons. The van der Waals surface area contributed by atoms with Gasteiger partial charge in [0.1, 0.15) is 23.4 Å². The number of aliphatic carboxylic acids is 1. The summed E-state index contributed by atoms with van der Waals surface area (Å²) in [6, 6.07) is 6.42. The van der Waals surface area contributed by atoms with Gasteiger partial charge in [0.25, 0.3) is 5.91 Å². The fourth-order valence-corrected chi connectivity index (χ4v) is 6.66. The van der Waals surface area contributed by atoms with E-state index in [1.807, 2.05) is 25.7 Å². The van der Waals surface area contributed by atoms with Crippen molar-refractivity contribution in [2.75, 3.05) is 19.0 Å². The molecule has 1 fully saturated rings. The Morgan fingerprint density at radius 3 is 2.25 bits per heavy atom. The number of anilines is 1. The maximum absolute atomic E-state index is 14.8. The van der Waals surface area contributed by atoms with Crippen molar-refractivity contribution in [2.24, 2.45) is 11.8 Å². The van der Waals surface area contributed by atoms with E-state index in [0.29, 0.717) is 17.7 Å². The monoisotopic (exact) mass is 516 g/mol. The first-order chi connectivity index (χ1) is 16.9. The number of fused-ring (bicyclic) bond motifs is 1. The molecule has 10 heteroatoms. The van der Waals surface area contributed by atoms with E-state index in [-0.39, 0.29) is 36.2 Å². The van der Waals surface area contributed by atoms with Crippen LogP contribution in [0.2, 0.25) is 19.6 Å². The molecular weight excluding hydrogens is 486 g/mol. The average molecular weight is 517 g/mol. The number of methoxy groups -OCH3 is 1. The molecule has 1 heterocycles. The van der Waals surface area contributed by atoms with Gasteiger partial charge < -0.3 is 20.1 Å². The Kier molecular flexibility index (Phi) is 6.92. The lowest BCUT2D eigenvalue weighted by Gasteiger charge is -2.41. The molecule has 0 bridgehead atoms. The number of hydrogen-bond acceptors (Lipinski definition) is 4. The zero-order valence-corrected chi connectivity index (χ0v) is 21.7. The van der Waals surface area contributed by atoms with Gasteiger partial charge in [-0.3, -0.25) is 14.4 Å². The number of carboxylic acid groups (broad SMARTS) is 1. The Bertz CT molecular complexity index is 1200. The molecule has 1 saturated carbocycles. The normalized spacial score (nSPS) is 21.3. The second-order valence-corrected chi connectivity index (χ2v) is 15.5. The molecule has 1 aliphatic carbocycles. The quantitative estimate of drug-likeness (QED) is 0.571. The van der Waals surface area contributed by atoms with Crippen molar-refractivity contribution >= 4 is 36.7 Å². The lowest BCUT2D eigenvalue weighted by atomic mass is 9.73. The van der Waals surface area contributed by atoms with Crippen LogP contribution in [0.4, 0.5) is 14.5 Å². The van der Waals surface area contributed by atoms with Crippen molar-refractivity contribution < 1.29 is 33.0 Å². The summed E-state index contributed by atoms with van der Waals surface area (Å²) in [5.41, 5.74) is 1.41. The zero-order valence-electron chi connectivity index (χ0n) is 20.7. The van der Waals surface area contributed by atoms with Crippen LogP contribution in [0.1, 0.15) is 30.0 Å². The Morgan fingerprint density at radius 1 is 1.06 bits per heavy atom. The standard InChI is InChI=1S/C26H30F2N2O5Si/c1-35-18-5-6-19-14(11-18)7-8-30(25(32)15-9-16(10-15)26(33)34)22(19)24(31)29-17-12-20(27)23(21(28)13-17)36(2,3)4/h5-6,11-13,15-16,22H,7-10H2,1-4H3,(H,29,31)(H,33,34)/t15-,16-,22-/m1/s1. The fourth-order valence-electron chi connectivity index (χ4n) is 5.08. The number of rotatable bonds is 6. The minimum absolute atomic E-state index is 0.0281. The summed E-state index contributed by atoms with van der Waals surface area (Å²) in [5, 5.41) is 11.8. The van der Waals surface area contributed by atoms with Gasteiger partial charge in [0, 0.05) is 23.3 Å². The molecule has 1 aliphatic heterocycles. The summed E-state index contributed by atoms with van der Waals surface area (Å²) in [6.07, 6.45) is 0.942. The lowest BCUT2D eigenvalue weighted by Crippen LogP contribution is -2.50. The number of amides is 2. The Hall–Kier alpha value is -3.27. The number of benzene rings is 2. The van der Waals surface area contributed by atoms with Crippen molar-refractivity contribution in [3.63, 3.8) is 0 Å². The van der Waals surface area contributed by atoms with E-state index in [4.69, 9.17) is 4.74 Å². The van der Waals surface area contributed by atoms with Gasteiger partial charge in [-0.1, -0.05) is 25.7 Å². The molecule has 192 valence electrons. The van der Waals surface area contributed by atoms with Crippen molar-refractivity contribution in [3.05, 3.63) is 53.1 Å². The summed E-state index contributed by atoms with van der Waals surface area (Å²) in [5.74, 6) is -3.67.